The molecule has 8 heteroatoms. The van der Waals surface area contributed by atoms with E-state index < -0.39 is 0 Å². The van der Waals surface area contributed by atoms with Gasteiger partial charge in [-0.05, 0) is 42.7 Å². The molecule has 0 spiro atoms. The maximum absolute atomic E-state index is 11.9. The highest BCUT2D eigenvalue weighted by Gasteiger charge is 2.36. The summed E-state index contributed by atoms with van der Waals surface area (Å²) in [5.41, 5.74) is 4.08. The number of benzene rings is 1. The number of thioether (sulfide) groups is 1. The second-order valence-electron chi connectivity index (χ2n) is 8.74. The average Bonchev–Trinajstić information content (AvgIpc) is 3.28. The van der Waals surface area contributed by atoms with Crippen LogP contribution in [0.2, 0.25) is 0 Å². The third kappa shape index (κ3) is 4.11. The Balaban J connectivity index is 1.29. The van der Waals surface area contributed by atoms with Crippen LogP contribution < -0.4 is 10.1 Å². The molecule has 1 fully saturated rings. The maximum Gasteiger partial charge on any atom is 0.286 e. The fraction of sp³-hybridized carbons (Fsp3) is 0.320. The highest BCUT2D eigenvalue weighted by Crippen LogP contribution is 2.44. The summed E-state index contributed by atoms with van der Waals surface area (Å²) in [5, 5.41) is 1.77. The highest BCUT2D eigenvalue weighted by molar-refractivity contribution is 8.15. The third-order valence-electron chi connectivity index (χ3n) is 6.43. The topological polar surface area (TPSA) is 82.5 Å². The first-order valence-electron chi connectivity index (χ1n) is 10.8. The summed E-state index contributed by atoms with van der Waals surface area (Å²) >= 11 is 1.08. The van der Waals surface area contributed by atoms with Crippen LogP contribution in [0.25, 0.3) is 11.0 Å². The Hall–Kier alpha value is -3.26. The number of imide groups is 1. The molecule has 2 amide bonds. The van der Waals surface area contributed by atoms with Gasteiger partial charge in [-0.2, -0.15) is 0 Å². The van der Waals surface area contributed by atoms with Gasteiger partial charge in [-0.25, -0.2) is 4.98 Å². The van der Waals surface area contributed by atoms with Crippen molar-refractivity contribution in [2.24, 2.45) is 12.5 Å². The lowest BCUT2D eigenvalue weighted by Crippen LogP contribution is -2.26. The van der Waals surface area contributed by atoms with Crippen LogP contribution in [0.1, 0.15) is 25.6 Å². The van der Waals surface area contributed by atoms with Gasteiger partial charge < -0.3 is 14.0 Å². The Morgan fingerprint density at radius 2 is 2.15 bits per heavy atom. The number of aromatic nitrogens is 2. The summed E-state index contributed by atoms with van der Waals surface area (Å²) in [6.45, 7) is 2.54. The molecule has 170 valence electrons. The van der Waals surface area contributed by atoms with Crippen LogP contribution in [0.4, 0.5) is 4.79 Å². The summed E-state index contributed by atoms with van der Waals surface area (Å²) in [4.78, 5) is 28.1. The normalized spacial score (nSPS) is 24.2. The van der Waals surface area contributed by atoms with E-state index in [0.717, 1.165) is 52.1 Å². The van der Waals surface area contributed by atoms with E-state index in [9.17, 15) is 9.59 Å². The number of methoxy groups -OCH3 is 1. The number of rotatable bonds is 6. The predicted molar refractivity (Wildman–Crippen MR) is 128 cm³/mol. The van der Waals surface area contributed by atoms with Crippen LogP contribution >= 0.6 is 11.8 Å². The van der Waals surface area contributed by atoms with Gasteiger partial charge in [0.15, 0.2) is 0 Å². The Labute approximate surface area is 196 Å². The molecule has 1 aromatic carbocycles. The molecule has 2 unspecified atom stereocenters. The summed E-state index contributed by atoms with van der Waals surface area (Å²) in [6, 6.07) is 5.82. The monoisotopic (exact) mass is 463 g/mol. The Morgan fingerprint density at radius 1 is 1.30 bits per heavy atom. The molecule has 3 aliphatic rings. The fourth-order valence-electron chi connectivity index (χ4n) is 4.49. The minimum absolute atomic E-state index is 0.158. The summed E-state index contributed by atoms with van der Waals surface area (Å²) < 4.78 is 13.4. The van der Waals surface area contributed by atoms with Gasteiger partial charge in [0.05, 0.1) is 23.4 Å². The highest BCUT2D eigenvalue weighted by atomic mass is 32.2. The number of fused-ring (bicyclic) bond motifs is 2. The molecule has 2 atom stereocenters. The van der Waals surface area contributed by atoms with E-state index in [2.05, 4.69) is 41.5 Å². The van der Waals surface area contributed by atoms with Crippen LogP contribution in [-0.4, -0.2) is 33.1 Å². The van der Waals surface area contributed by atoms with Crippen molar-refractivity contribution in [1.82, 2.24) is 14.9 Å². The van der Waals surface area contributed by atoms with E-state index in [1.54, 1.807) is 7.11 Å². The molecule has 7 nitrogen and oxygen atoms in total. The van der Waals surface area contributed by atoms with Crippen LogP contribution in [-0.2, 0) is 23.2 Å². The van der Waals surface area contributed by atoms with Gasteiger partial charge in [0.2, 0.25) is 5.91 Å². The Bertz CT molecular complexity index is 1290. The molecule has 2 heterocycles. The zero-order valence-corrected chi connectivity index (χ0v) is 19.6. The van der Waals surface area contributed by atoms with Gasteiger partial charge in [-0.1, -0.05) is 42.5 Å². The minimum Gasteiger partial charge on any atom is -0.497 e. The number of hydrogen-bond donors (Lipinski definition) is 1. The smallest absolute Gasteiger partial charge is 0.286 e. The van der Waals surface area contributed by atoms with Crippen molar-refractivity contribution >= 4 is 33.9 Å². The van der Waals surface area contributed by atoms with Crippen LogP contribution in [0, 0.1) is 5.41 Å². The first-order valence-corrected chi connectivity index (χ1v) is 11.7. The van der Waals surface area contributed by atoms with E-state index >= 15 is 0 Å². The lowest BCUT2D eigenvalue weighted by molar-refractivity contribution is -0.118. The Kier molecular flexibility index (Phi) is 5.40. The number of nitrogens with zero attached hydrogens (tertiary/aromatic N) is 2. The lowest BCUT2D eigenvalue weighted by Gasteiger charge is -2.34. The van der Waals surface area contributed by atoms with E-state index in [4.69, 9.17) is 9.47 Å². The molecular weight excluding hydrogens is 438 g/mol. The number of ether oxygens (including phenoxy) is 2. The van der Waals surface area contributed by atoms with E-state index in [1.807, 2.05) is 35.9 Å². The second-order valence-corrected chi connectivity index (χ2v) is 9.91. The molecule has 1 aromatic heterocycles. The third-order valence-corrected chi connectivity index (χ3v) is 7.41. The first kappa shape index (κ1) is 21.6. The van der Waals surface area contributed by atoms with Crippen LogP contribution in [0.5, 0.6) is 5.75 Å². The molecule has 1 N–H and O–H groups in total. The average molecular weight is 464 g/mol. The number of carbonyl (C=O) groups is 2. The largest absolute Gasteiger partial charge is 0.497 e. The van der Waals surface area contributed by atoms with Gasteiger partial charge in [0.25, 0.3) is 5.24 Å². The van der Waals surface area contributed by atoms with Crippen molar-refractivity contribution in [3.8, 4) is 5.75 Å². The van der Waals surface area contributed by atoms with Gasteiger partial charge >= 0.3 is 0 Å². The summed E-state index contributed by atoms with van der Waals surface area (Å²) in [5.74, 6) is 2.23. The van der Waals surface area contributed by atoms with Gasteiger partial charge in [-0.15, -0.1) is 0 Å². The number of aryl methyl sites for hydroxylation is 1. The number of carbonyl (C=O) groups excluding carboxylic acids is 2. The van der Waals surface area contributed by atoms with E-state index in [-0.39, 0.29) is 21.8 Å². The molecule has 0 radical (unpaired) electrons. The number of amides is 2. The standard InChI is InChI=1S/C25H25N3O4S/c1-25-9-8-18(32-14-22-26-19-7-6-17(31-3)12-20(19)28(22)2)11-16(25)5-4-15(13-25)10-21-23(29)27-24(30)33-21/h4-9,11-12,21H,10,13-14H2,1-3H3,(H,27,29,30). The van der Waals surface area contributed by atoms with E-state index in [0.29, 0.717) is 13.0 Å². The van der Waals surface area contributed by atoms with Crippen molar-refractivity contribution in [2.75, 3.05) is 7.11 Å². The van der Waals surface area contributed by atoms with Gasteiger partial charge in [-0.3, -0.25) is 14.9 Å². The van der Waals surface area contributed by atoms with Crippen molar-refractivity contribution in [3.05, 3.63) is 71.3 Å². The van der Waals surface area contributed by atoms with Crippen molar-refractivity contribution < 1.29 is 19.1 Å². The van der Waals surface area contributed by atoms with Gasteiger partial charge in [0, 0.05) is 18.5 Å². The van der Waals surface area contributed by atoms with Crippen molar-refractivity contribution in [2.45, 2.75) is 31.6 Å². The lowest BCUT2D eigenvalue weighted by atomic mass is 9.71. The number of nitrogens with one attached hydrogen (secondary N) is 1. The number of imidazole rings is 1. The Morgan fingerprint density at radius 3 is 2.91 bits per heavy atom. The molecule has 1 saturated heterocycles. The quantitative estimate of drug-likeness (QED) is 0.677. The molecule has 1 aliphatic heterocycles. The summed E-state index contributed by atoms with van der Waals surface area (Å²) in [6.07, 6.45) is 11.8. The molecule has 2 aromatic rings. The second kappa shape index (κ2) is 8.26. The maximum atomic E-state index is 11.9. The molecule has 2 aliphatic carbocycles. The van der Waals surface area contributed by atoms with Crippen molar-refractivity contribution in [1.29, 1.82) is 0 Å². The number of hydrogen-bond acceptors (Lipinski definition) is 6. The first-order chi connectivity index (χ1) is 15.8. The SMILES string of the molecule is COc1ccc2nc(COC3=CC4=CC=C(CC5SC(=O)NC5=O)CC4(C)C=C3)n(C)c2c1. The molecule has 33 heavy (non-hydrogen) atoms. The van der Waals surface area contributed by atoms with Crippen LogP contribution in [0.3, 0.4) is 0 Å². The fourth-order valence-corrected chi connectivity index (χ4v) is 5.37. The number of allylic oxidation sites excluding steroid dienone is 7. The van der Waals surface area contributed by atoms with Crippen LogP contribution in [0.15, 0.2) is 65.5 Å². The van der Waals surface area contributed by atoms with Gasteiger partial charge in [0.1, 0.15) is 23.9 Å². The molecule has 0 bridgehead atoms. The van der Waals surface area contributed by atoms with Crippen molar-refractivity contribution in [3.63, 3.8) is 0 Å². The predicted octanol–water partition coefficient (Wildman–Crippen LogP) is 4.56. The molecule has 5 rings (SSSR count). The molecular formula is C25H25N3O4S. The molecule has 0 saturated carbocycles. The zero-order valence-electron chi connectivity index (χ0n) is 18.8. The zero-order chi connectivity index (χ0) is 23.2. The summed E-state index contributed by atoms with van der Waals surface area (Å²) in [7, 11) is 3.63. The van der Waals surface area contributed by atoms with E-state index in [1.165, 1.54) is 5.57 Å². The minimum atomic E-state index is -0.336.